The Bertz CT molecular complexity index is 919. The minimum absolute atomic E-state index is 0.000131. The Kier molecular flexibility index (Phi) is 6.65. The van der Waals surface area contributed by atoms with E-state index < -0.39 is 42.0 Å². The minimum atomic E-state index is -1.53. The fraction of sp³-hybridized carbons (Fsp3) is 0.526. The van der Waals surface area contributed by atoms with Crippen molar-refractivity contribution in [1.29, 1.82) is 0 Å². The first-order chi connectivity index (χ1) is 14.9. The van der Waals surface area contributed by atoms with Gasteiger partial charge in [0.1, 0.15) is 28.7 Å². The largest absolute Gasteiger partial charge is 0.507 e. The molecule has 1 saturated heterocycles. The first-order valence-corrected chi connectivity index (χ1v) is 10.1. The number of phenols is 1. The number of carboxylic acid groups (broad SMARTS) is 1. The molecule has 1 saturated carbocycles. The average Bonchev–Trinajstić information content (AvgIpc) is 3.44. The van der Waals surface area contributed by atoms with E-state index in [4.69, 9.17) is 16.2 Å². The van der Waals surface area contributed by atoms with Gasteiger partial charge in [-0.05, 0) is 30.9 Å². The van der Waals surface area contributed by atoms with Crippen molar-refractivity contribution >= 4 is 24.9 Å². The third-order valence-corrected chi connectivity index (χ3v) is 5.72. The van der Waals surface area contributed by atoms with Crippen molar-refractivity contribution in [3.8, 4) is 11.5 Å². The van der Waals surface area contributed by atoms with E-state index in [1.807, 2.05) is 4.90 Å². The fourth-order valence-corrected chi connectivity index (χ4v) is 3.91. The number of aromatic hydroxyl groups is 1. The Morgan fingerprint density at radius 3 is 2.50 bits per heavy atom. The standard InChI is InChI=1S/C19H27BN4O8/c1-19(22,18(29)23-5-14(21)25)8-24-6-9(7-24)32-13-3-2-10(11-4-12(11)20(30)31)16(26)15(13)17(27)28/h2-3,9,11-12,26,30-31H,4-8,22H2,1H3,(H2,21,25)(H,23,29)(H,27,28)/t11?,12-,19?/m1/s1. The van der Waals surface area contributed by atoms with Gasteiger partial charge in [0, 0.05) is 25.5 Å². The Morgan fingerprint density at radius 2 is 1.97 bits per heavy atom. The van der Waals surface area contributed by atoms with Gasteiger partial charge in [0.2, 0.25) is 11.8 Å². The number of nitrogens with zero attached hydrogens (tertiary/aromatic N) is 1. The maximum atomic E-state index is 12.1. The first-order valence-electron chi connectivity index (χ1n) is 10.1. The predicted octanol–water partition coefficient (Wildman–Crippen LogP) is -2.20. The lowest BCUT2D eigenvalue weighted by atomic mass is 9.81. The van der Waals surface area contributed by atoms with Gasteiger partial charge < -0.3 is 41.8 Å². The molecule has 1 aliphatic carbocycles. The van der Waals surface area contributed by atoms with E-state index in [2.05, 4.69) is 5.32 Å². The highest BCUT2D eigenvalue weighted by molar-refractivity contribution is 6.44. The number of primary amides is 1. The molecule has 9 N–H and O–H groups in total. The molecule has 2 aliphatic rings. The highest BCUT2D eigenvalue weighted by Gasteiger charge is 2.48. The van der Waals surface area contributed by atoms with Crippen molar-refractivity contribution in [3.05, 3.63) is 23.3 Å². The molecule has 32 heavy (non-hydrogen) atoms. The van der Waals surface area contributed by atoms with Crippen LogP contribution in [0.1, 0.15) is 35.2 Å². The zero-order chi connectivity index (χ0) is 23.8. The highest BCUT2D eigenvalue weighted by Crippen LogP contribution is 2.56. The number of carbonyl (C=O) groups excluding carboxylic acids is 2. The Labute approximate surface area is 184 Å². The van der Waals surface area contributed by atoms with Crippen LogP contribution in [0.4, 0.5) is 0 Å². The van der Waals surface area contributed by atoms with Gasteiger partial charge in [0.25, 0.3) is 0 Å². The van der Waals surface area contributed by atoms with Gasteiger partial charge in [-0.1, -0.05) is 6.07 Å². The van der Waals surface area contributed by atoms with Crippen molar-refractivity contribution in [2.24, 2.45) is 11.5 Å². The summed E-state index contributed by atoms with van der Waals surface area (Å²) >= 11 is 0. The van der Waals surface area contributed by atoms with Crippen LogP contribution in [0.3, 0.4) is 0 Å². The fourth-order valence-electron chi connectivity index (χ4n) is 3.91. The molecule has 0 bridgehead atoms. The second kappa shape index (κ2) is 8.94. The summed E-state index contributed by atoms with van der Waals surface area (Å²) in [5.41, 5.74) is 9.72. The van der Waals surface area contributed by atoms with E-state index in [-0.39, 0.29) is 36.4 Å². The summed E-state index contributed by atoms with van der Waals surface area (Å²) in [4.78, 5) is 36.5. The van der Waals surface area contributed by atoms with Gasteiger partial charge >= 0.3 is 13.1 Å². The van der Waals surface area contributed by atoms with E-state index in [0.717, 1.165) is 0 Å². The van der Waals surface area contributed by atoms with Crippen LogP contribution in [0, 0.1) is 0 Å². The predicted molar refractivity (Wildman–Crippen MR) is 112 cm³/mol. The number of ether oxygens (including phenoxy) is 1. The van der Waals surface area contributed by atoms with Gasteiger partial charge in [0.15, 0.2) is 0 Å². The Morgan fingerprint density at radius 1 is 1.31 bits per heavy atom. The number of amides is 2. The third-order valence-electron chi connectivity index (χ3n) is 5.72. The van der Waals surface area contributed by atoms with E-state index in [1.165, 1.54) is 19.1 Å². The molecule has 174 valence electrons. The van der Waals surface area contributed by atoms with Gasteiger partial charge in [-0.2, -0.15) is 0 Å². The molecule has 2 amide bonds. The van der Waals surface area contributed by atoms with Crippen molar-refractivity contribution in [2.75, 3.05) is 26.2 Å². The Balaban J connectivity index is 1.60. The van der Waals surface area contributed by atoms with Crippen LogP contribution in [-0.2, 0) is 9.59 Å². The number of hydrogen-bond donors (Lipinski definition) is 7. The summed E-state index contributed by atoms with van der Waals surface area (Å²) in [5.74, 6) is -3.79. The molecule has 1 aromatic rings. The number of nitrogens with two attached hydrogens (primary N) is 2. The molecule has 12 nitrogen and oxygen atoms in total. The number of nitrogens with one attached hydrogen (secondary N) is 1. The molecular formula is C19H27BN4O8. The molecule has 1 aromatic carbocycles. The second-order valence-electron chi connectivity index (χ2n) is 8.60. The highest BCUT2D eigenvalue weighted by atomic mass is 16.5. The number of hydrogen-bond acceptors (Lipinski definition) is 9. The zero-order valence-electron chi connectivity index (χ0n) is 17.5. The summed E-state index contributed by atoms with van der Waals surface area (Å²) in [6.07, 6.45) is 0.0585. The van der Waals surface area contributed by atoms with Gasteiger partial charge in [-0.25, -0.2) is 4.79 Å². The molecule has 2 fully saturated rings. The SMILES string of the molecule is CC(N)(CN1CC(Oc2ccc(C3C[C@H]3B(O)O)c(O)c2C(=O)O)C1)C(=O)NCC(N)=O. The molecule has 0 radical (unpaired) electrons. The lowest BCUT2D eigenvalue weighted by Gasteiger charge is -2.42. The van der Waals surface area contributed by atoms with E-state index in [9.17, 15) is 34.6 Å². The smallest absolute Gasteiger partial charge is 0.455 e. The van der Waals surface area contributed by atoms with Crippen LogP contribution < -0.4 is 21.5 Å². The molecule has 1 aliphatic heterocycles. The molecule has 1 heterocycles. The lowest BCUT2D eigenvalue weighted by molar-refractivity contribution is -0.129. The molecule has 0 aromatic heterocycles. The van der Waals surface area contributed by atoms with Gasteiger partial charge in [-0.15, -0.1) is 0 Å². The van der Waals surface area contributed by atoms with Crippen molar-refractivity contribution in [1.82, 2.24) is 10.2 Å². The summed E-state index contributed by atoms with van der Waals surface area (Å²) in [6, 6.07) is 2.98. The molecule has 2 unspecified atom stereocenters. The van der Waals surface area contributed by atoms with E-state index in [0.29, 0.717) is 25.1 Å². The van der Waals surface area contributed by atoms with E-state index in [1.54, 1.807) is 0 Å². The first kappa shape index (κ1) is 23.8. The molecule has 3 rings (SSSR count). The minimum Gasteiger partial charge on any atom is -0.507 e. The topological polar surface area (TPSA) is 209 Å². The maximum Gasteiger partial charge on any atom is 0.455 e. The number of carbonyl (C=O) groups is 3. The molecule has 13 heteroatoms. The zero-order valence-corrected chi connectivity index (χ0v) is 17.5. The summed E-state index contributed by atoms with van der Waals surface area (Å²) in [5, 5.41) is 41.0. The van der Waals surface area contributed by atoms with E-state index >= 15 is 0 Å². The normalized spacial score (nSPS) is 22.4. The third kappa shape index (κ3) is 5.13. The summed E-state index contributed by atoms with van der Waals surface area (Å²) in [6.45, 7) is 2.14. The number of rotatable bonds is 10. The van der Waals surface area contributed by atoms with Crippen LogP contribution in [0.5, 0.6) is 11.5 Å². The number of likely N-dealkylation sites (tertiary alicyclic amines) is 1. The quantitative estimate of drug-likeness (QED) is 0.191. The van der Waals surface area contributed by atoms with Crippen LogP contribution >= 0.6 is 0 Å². The lowest BCUT2D eigenvalue weighted by Crippen LogP contribution is -2.64. The summed E-state index contributed by atoms with van der Waals surface area (Å²) < 4.78 is 5.75. The maximum absolute atomic E-state index is 12.1. The van der Waals surface area contributed by atoms with Crippen LogP contribution in [0.2, 0.25) is 5.82 Å². The van der Waals surface area contributed by atoms with Gasteiger partial charge in [-0.3, -0.25) is 14.5 Å². The monoisotopic (exact) mass is 450 g/mol. The Hall–Kier alpha value is -2.87. The van der Waals surface area contributed by atoms with Crippen LogP contribution in [0.15, 0.2) is 12.1 Å². The average molecular weight is 450 g/mol. The number of carboxylic acids is 1. The van der Waals surface area contributed by atoms with Crippen molar-refractivity contribution in [2.45, 2.75) is 36.7 Å². The number of aromatic carboxylic acids is 1. The number of benzene rings is 1. The van der Waals surface area contributed by atoms with Crippen molar-refractivity contribution in [3.63, 3.8) is 0 Å². The van der Waals surface area contributed by atoms with Crippen LogP contribution in [-0.4, -0.2) is 87.9 Å². The van der Waals surface area contributed by atoms with Crippen molar-refractivity contribution < 1.29 is 39.4 Å². The summed E-state index contributed by atoms with van der Waals surface area (Å²) in [7, 11) is -1.53. The molecule has 0 spiro atoms. The molecule has 3 atom stereocenters. The molecular weight excluding hydrogens is 423 g/mol. The second-order valence-corrected chi connectivity index (χ2v) is 8.60. The van der Waals surface area contributed by atoms with Gasteiger partial charge in [0.05, 0.1) is 6.54 Å². The van der Waals surface area contributed by atoms with Crippen LogP contribution in [0.25, 0.3) is 0 Å².